The van der Waals surface area contributed by atoms with Crippen molar-refractivity contribution >= 4 is 11.8 Å². The van der Waals surface area contributed by atoms with Crippen molar-refractivity contribution in [3.63, 3.8) is 0 Å². The normalized spacial score (nSPS) is 10.5. The van der Waals surface area contributed by atoms with Crippen LogP contribution in [0.25, 0.3) is 0 Å². The molecule has 1 aromatic rings. The van der Waals surface area contributed by atoms with E-state index in [1.165, 1.54) is 11.0 Å². The van der Waals surface area contributed by atoms with Gasteiger partial charge in [-0.1, -0.05) is 12.1 Å². The number of amides is 2. The fourth-order valence-corrected chi connectivity index (χ4v) is 1.85. The zero-order valence-corrected chi connectivity index (χ0v) is 12.4. The summed E-state index contributed by atoms with van der Waals surface area (Å²) in [4.78, 5) is 25.3. The van der Waals surface area contributed by atoms with Gasteiger partial charge in [0.1, 0.15) is 5.82 Å². The summed E-state index contributed by atoms with van der Waals surface area (Å²) >= 11 is 0. The molecule has 2 amide bonds. The monoisotopic (exact) mass is 280 g/mol. The number of carbonyl (C=O) groups is 2. The van der Waals surface area contributed by atoms with Crippen LogP contribution in [0.4, 0.5) is 4.39 Å². The number of nitrogens with zero attached hydrogens (tertiary/aromatic N) is 1. The third-order valence-corrected chi connectivity index (χ3v) is 2.88. The van der Waals surface area contributed by atoms with Crippen molar-refractivity contribution in [1.29, 1.82) is 0 Å². The Balaban J connectivity index is 2.87. The van der Waals surface area contributed by atoms with Crippen LogP contribution in [0.1, 0.15) is 36.7 Å². The first kappa shape index (κ1) is 16.1. The number of hydrogen-bond acceptors (Lipinski definition) is 2. The molecule has 0 saturated heterocycles. The molecule has 0 heterocycles. The van der Waals surface area contributed by atoms with E-state index in [9.17, 15) is 14.0 Å². The van der Waals surface area contributed by atoms with Gasteiger partial charge in [0.15, 0.2) is 0 Å². The molecule has 0 aromatic heterocycles. The van der Waals surface area contributed by atoms with Crippen molar-refractivity contribution in [2.24, 2.45) is 0 Å². The van der Waals surface area contributed by atoms with Crippen molar-refractivity contribution < 1.29 is 14.0 Å². The molecular formula is C15H21FN2O2. The SMILES string of the molecule is CCN(CC(=O)NC(C)C)C(=O)c1cccc(C)c1F. The number of hydrogen-bond donors (Lipinski definition) is 1. The zero-order chi connectivity index (χ0) is 15.3. The molecule has 20 heavy (non-hydrogen) atoms. The summed E-state index contributed by atoms with van der Waals surface area (Å²) in [7, 11) is 0. The van der Waals surface area contributed by atoms with Crippen LogP contribution in [0, 0.1) is 12.7 Å². The van der Waals surface area contributed by atoms with Gasteiger partial charge in [0, 0.05) is 12.6 Å². The zero-order valence-electron chi connectivity index (χ0n) is 12.4. The van der Waals surface area contributed by atoms with Gasteiger partial charge in [-0.3, -0.25) is 9.59 Å². The average Bonchev–Trinajstić information content (AvgIpc) is 2.37. The van der Waals surface area contributed by atoms with Crippen LogP contribution in [0.15, 0.2) is 18.2 Å². The number of aryl methyl sites for hydroxylation is 1. The lowest BCUT2D eigenvalue weighted by molar-refractivity contribution is -0.122. The summed E-state index contributed by atoms with van der Waals surface area (Å²) in [6.45, 7) is 7.33. The van der Waals surface area contributed by atoms with E-state index in [1.807, 2.05) is 13.8 Å². The molecule has 4 nitrogen and oxygen atoms in total. The lowest BCUT2D eigenvalue weighted by Gasteiger charge is -2.21. The second kappa shape index (κ2) is 7.03. The molecule has 0 saturated carbocycles. The van der Waals surface area contributed by atoms with Crippen molar-refractivity contribution in [2.45, 2.75) is 33.7 Å². The van der Waals surface area contributed by atoms with Crippen molar-refractivity contribution in [3.05, 3.63) is 35.1 Å². The molecule has 5 heteroatoms. The van der Waals surface area contributed by atoms with Gasteiger partial charge >= 0.3 is 0 Å². The maximum atomic E-state index is 13.9. The van der Waals surface area contributed by atoms with E-state index in [0.29, 0.717) is 12.1 Å². The molecule has 0 radical (unpaired) electrons. The van der Waals surface area contributed by atoms with E-state index in [-0.39, 0.29) is 24.1 Å². The lowest BCUT2D eigenvalue weighted by atomic mass is 10.1. The first-order valence-corrected chi connectivity index (χ1v) is 6.70. The summed E-state index contributed by atoms with van der Waals surface area (Å²) in [5.41, 5.74) is 0.419. The fourth-order valence-electron chi connectivity index (χ4n) is 1.85. The number of carbonyl (C=O) groups excluding carboxylic acids is 2. The lowest BCUT2D eigenvalue weighted by Crippen LogP contribution is -2.42. The summed E-state index contributed by atoms with van der Waals surface area (Å²) in [5.74, 6) is -1.24. The second-order valence-corrected chi connectivity index (χ2v) is 4.98. The number of likely N-dealkylation sites (N-methyl/N-ethyl adjacent to an activating group) is 1. The van der Waals surface area contributed by atoms with Crippen LogP contribution in [0.3, 0.4) is 0 Å². The minimum atomic E-state index is -0.528. The summed E-state index contributed by atoms with van der Waals surface area (Å²) in [5, 5.41) is 2.71. The van der Waals surface area contributed by atoms with Gasteiger partial charge in [0.25, 0.3) is 5.91 Å². The Morgan fingerprint density at radius 2 is 2.00 bits per heavy atom. The molecule has 0 aliphatic rings. The standard InChI is InChI=1S/C15H21FN2O2/c1-5-18(9-13(19)17-10(2)3)15(20)12-8-6-7-11(4)14(12)16/h6-8,10H,5,9H2,1-4H3,(H,17,19). The molecule has 0 aliphatic heterocycles. The Morgan fingerprint density at radius 3 is 2.55 bits per heavy atom. The average molecular weight is 280 g/mol. The molecule has 110 valence electrons. The van der Waals surface area contributed by atoms with Gasteiger partial charge in [-0.2, -0.15) is 0 Å². The molecule has 0 fully saturated rings. The van der Waals surface area contributed by atoms with E-state index < -0.39 is 11.7 Å². The van der Waals surface area contributed by atoms with Gasteiger partial charge in [0.05, 0.1) is 12.1 Å². The van der Waals surface area contributed by atoms with Crippen molar-refractivity contribution in [2.75, 3.05) is 13.1 Å². The van der Waals surface area contributed by atoms with Gasteiger partial charge in [0.2, 0.25) is 5.91 Å². The summed E-state index contributed by atoms with van der Waals surface area (Å²) in [6, 6.07) is 4.68. The molecular weight excluding hydrogens is 259 g/mol. The summed E-state index contributed by atoms with van der Waals surface area (Å²) < 4.78 is 13.9. The summed E-state index contributed by atoms with van der Waals surface area (Å²) in [6.07, 6.45) is 0. The van der Waals surface area contributed by atoms with Crippen LogP contribution in [0.5, 0.6) is 0 Å². The molecule has 0 bridgehead atoms. The number of nitrogens with one attached hydrogen (secondary N) is 1. The first-order chi connectivity index (χ1) is 9.36. The van der Waals surface area contributed by atoms with Crippen molar-refractivity contribution in [1.82, 2.24) is 10.2 Å². The topological polar surface area (TPSA) is 49.4 Å². The Bertz CT molecular complexity index is 501. The molecule has 0 atom stereocenters. The fraction of sp³-hybridized carbons (Fsp3) is 0.467. The third kappa shape index (κ3) is 4.05. The highest BCUT2D eigenvalue weighted by atomic mass is 19.1. The predicted molar refractivity (Wildman–Crippen MR) is 76.0 cm³/mol. The minimum absolute atomic E-state index is 0.00389. The molecule has 0 spiro atoms. The number of rotatable bonds is 5. The number of benzene rings is 1. The van der Waals surface area contributed by atoms with Gasteiger partial charge in [-0.05, 0) is 39.3 Å². The minimum Gasteiger partial charge on any atom is -0.352 e. The van der Waals surface area contributed by atoms with E-state index in [0.717, 1.165) is 0 Å². The highest BCUT2D eigenvalue weighted by Crippen LogP contribution is 2.14. The van der Waals surface area contributed by atoms with E-state index in [4.69, 9.17) is 0 Å². The molecule has 0 unspecified atom stereocenters. The molecule has 1 N–H and O–H groups in total. The second-order valence-electron chi connectivity index (χ2n) is 4.98. The highest BCUT2D eigenvalue weighted by molar-refractivity contribution is 5.96. The van der Waals surface area contributed by atoms with Gasteiger partial charge < -0.3 is 10.2 Å². The predicted octanol–water partition coefficient (Wildman–Crippen LogP) is 2.12. The Labute approximate surface area is 119 Å². The first-order valence-electron chi connectivity index (χ1n) is 6.70. The Kier molecular flexibility index (Phi) is 5.67. The highest BCUT2D eigenvalue weighted by Gasteiger charge is 2.21. The third-order valence-electron chi connectivity index (χ3n) is 2.88. The maximum Gasteiger partial charge on any atom is 0.257 e. The number of halogens is 1. The quantitative estimate of drug-likeness (QED) is 0.898. The Hall–Kier alpha value is -1.91. The van der Waals surface area contributed by atoms with E-state index in [2.05, 4.69) is 5.32 Å². The molecule has 1 aromatic carbocycles. The van der Waals surface area contributed by atoms with Crippen LogP contribution in [-0.4, -0.2) is 35.8 Å². The maximum absolute atomic E-state index is 13.9. The van der Waals surface area contributed by atoms with E-state index >= 15 is 0 Å². The Morgan fingerprint density at radius 1 is 1.35 bits per heavy atom. The van der Waals surface area contributed by atoms with Crippen LogP contribution >= 0.6 is 0 Å². The smallest absolute Gasteiger partial charge is 0.257 e. The molecule has 1 rings (SSSR count). The van der Waals surface area contributed by atoms with Crippen molar-refractivity contribution in [3.8, 4) is 0 Å². The van der Waals surface area contributed by atoms with Crippen LogP contribution in [-0.2, 0) is 4.79 Å². The molecule has 0 aliphatic carbocycles. The van der Waals surface area contributed by atoms with Crippen LogP contribution < -0.4 is 5.32 Å². The largest absolute Gasteiger partial charge is 0.352 e. The van der Waals surface area contributed by atoms with Crippen LogP contribution in [0.2, 0.25) is 0 Å². The van der Waals surface area contributed by atoms with E-state index in [1.54, 1.807) is 26.0 Å². The van der Waals surface area contributed by atoms with Gasteiger partial charge in [-0.15, -0.1) is 0 Å². The van der Waals surface area contributed by atoms with Gasteiger partial charge in [-0.25, -0.2) is 4.39 Å².